The molecule has 144 valence electrons. The van der Waals surface area contributed by atoms with Crippen LogP contribution in [0.5, 0.6) is 5.75 Å². The Labute approximate surface area is 158 Å². The van der Waals surface area contributed by atoms with Crippen LogP contribution in [0.2, 0.25) is 5.02 Å². The second-order valence-electron chi connectivity index (χ2n) is 6.67. The number of fused-ring (bicyclic) bond motifs is 1. The number of halogens is 1. The van der Waals surface area contributed by atoms with Crippen LogP contribution in [0.3, 0.4) is 0 Å². The highest BCUT2D eigenvalue weighted by atomic mass is 35.5. The van der Waals surface area contributed by atoms with Gasteiger partial charge in [0.1, 0.15) is 5.75 Å². The summed E-state index contributed by atoms with van der Waals surface area (Å²) >= 11 is 6.06. The van der Waals surface area contributed by atoms with Crippen molar-refractivity contribution < 1.29 is 19.0 Å². The van der Waals surface area contributed by atoms with Crippen molar-refractivity contribution in [3.8, 4) is 5.75 Å². The topological polar surface area (TPSA) is 86.0 Å². The zero-order valence-corrected chi connectivity index (χ0v) is 15.9. The van der Waals surface area contributed by atoms with Crippen LogP contribution in [0.4, 0.5) is 5.69 Å². The lowest BCUT2D eigenvalue weighted by Gasteiger charge is -2.35. The average Bonchev–Trinajstić information content (AvgIpc) is 3.05. The first kappa shape index (κ1) is 19.2. The van der Waals surface area contributed by atoms with Crippen molar-refractivity contribution in [2.45, 2.75) is 31.6 Å². The summed E-state index contributed by atoms with van der Waals surface area (Å²) in [6.45, 7) is 5.07. The quantitative estimate of drug-likeness (QED) is 0.725. The van der Waals surface area contributed by atoms with Crippen molar-refractivity contribution in [2.24, 2.45) is 0 Å². The largest absolute Gasteiger partial charge is 0.493 e. The minimum atomic E-state index is -0.253. The molecule has 0 radical (unpaired) electrons. The molecule has 3 rings (SSSR count). The first-order chi connectivity index (χ1) is 12.5. The van der Waals surface area contributed by atoms with Gasteiger partial charge >= 0.3 is 0 Å². The van der Waals surface area contributed by atoms with Gasteiger partial charge in [-0.25, -0.2) is 0 Å². The molecule has 3 atom stereocenters. The summed E-state index contributed by atoms with van der Waals surface area (Å²) < 4.78 is 16.9. The molecule has 1 aromatic rings. The molecule has 0 saturated carbocycles. The molecular weight excluding hydrogens is 358 g/mol. The number of nitrogens with one attached hydrogen (secondary N) is 1. The zero-order valence-electron chi connectivity index (χ0n) is 15.2. The van der Waals surface area contributed by atoms with Gasteiger partial charge in [-0.05, 0) is 19.4 Å². The number of hydrogen-bond acceptors (Lipinski definition) is 6. The number of methoxy groups -OCH3 is 1. The van der Waals surface area contributed by atoms with Crippen LogP contribution < -0.4 is 15.8 Å². The molecule has 1 amide bonds. The van der Waals surface area contributed by atoms with Gasteiger partial charge in [-0.15, -0.1) is 0 Å². The number of carbonyl (C=O) groups excluding carboxylic acids is 1. The predicted octanol–water partition coefficient (Wildman–Crippen LogP) is 1.54. The Kier molecular flexibility index (Phi) is 6.24. The van der Waals surface area contributed by atoms with E-state index < -0.39 is 0 Å². The molecule has 0 aliphatic carbocycles. The number of amides is 1. The van der Waals surface area contributed by atoms with Crippen LogP contribution in [0.15, 0.2) is 12.1 Å². The molecule has 1 aromatic carbocycles. The number of nitrogens with two attached hydrogens (primary N) is 1. The fourth-order valence-electron chi connectivity index (χ4n) is 3.51. The molecule has 8 heteroatoms. The van der Waals surface area contributed by atoms with E-state index in [2.05, 4.69) is 10.2 Å². The fraction of sp³-hybridized carbons (Fsp3) is 0.611. The summed E-state index contributed by atoms with van der Waals surface area (Å²) in [5.74, 6) is 0.177. The highest BCUT2D eigenvalue weighted by Gasteiger charge is 2.37. The number of benzene rings is 1. The Hall–Kier alpha value is -1.54. The number of nitrogen functional groups attached to an aromatic ring is 1. The minimum absolute atomic E-state index is 0.0504. The number of hydrogen-bond donors (Lipinski definition) is 2. The standard InChI is InChI=1S/C18H26ClN3O4/c1-3-25-17-6-16(20)15(19)5-14(17)18(23)21-7-13-9-22-8-12(24-2)4-11(22)10-26-13/h5-6,11-13H,3-4,7-10,20H2,1-2H3,(H,21,23)/t11-,12+,13+/m0/s1. The minimum Gasteiger partial charge on any atom is -0.493 e. The number of anilines is 1. The van der Waals surface area contributed by atoms with Gasteiger partial charge in [0.25, 0.3) is 5.91 Å². The van der Waals surface area contributed by atoms with Crippen molar-refractivity contribution in [1.82, 2.24) is 10.2 Å². The van der Waals surface area contributed by atoms with Gasteiger partial charge in [0, 0.05) is 38.9 Å². The second kappa shape index (κ2) is 8.43. The number of morpholine rings is 1. The van der Waals surface area contributed by atoms with Gasteiger partial charge in [-0.3, -0.25) is 9.69 Å². The van der Waals surface area contributed by atoms with Gasteiger partial charge in [-0.2, -0.15) is 0 Å². The highest BCUT2D eigenvalue weighted by Crippen LogP contribution is 2.29. The summed E-state index contributed by atoms with van der Waals surface area (Å²) in [7, 11) is 1.75. The van der Waals surface area contributed by atoms with E-state index in [1.807, 2.05) is 6.92 Å². The maximum absolute atomic E-state index is 12.6. The van der Waals surface area contributed by atoms with E-state index >= 15 is 0 Å². The van der Waals surface area contributed by atoms with Gasteiger partial charge in [0.15, 0.2) is 0 Å². The third-order valence-corrected chi connectivity index (χ3v) is 5.25. The summed E-state index contributed by atoms with van der Waals surface area (Å²) in [4.78, 5) is 15.0. The molecule has 3 N–H and O–H groups in total. The van der Waals surface area contributed by atoms with Gasteiger partial charge in [0.05, 0.1) is 41.7 Å². The Balaban J connectivity index is 1.58. The number of carbonyl (C=O) groups is 1. The van der Waals surface area contributed by atoms with Crippen molar-refractivity contribution >= 4 is 23.2 Å². The average molecular weight is 384 g/mol. The lowest BCUT2D eigenvalue weighted by molar-refractivity contribution is -0.0464. The van der Waals surface area contributed by atoms with Crippen molar-refractivity contribution in [2.75, 3.05) is 45.7 Å². The monoisotopic (exact) mass is 383 g/mol. The lowest BCUT2D eigenvalue weighted by atomic mass is 10.1. The molecule has 0 spiro atoms. The van der Waals surface area contributed by atoms with Gasteiger partial charge < -0.3 is 25.3 Å². The molecule has 2 saturated heterocycles. The number of rotatable bonds is 6. The zero-order chi connectivity index (χ0) is 18.7. The Morgan fingerprint density at radius 3 is 3.00 bits per heavy atom. The Morgan fingerprint density at radius 2 is 2.27 bits per heavy atom. The van der Waals surface area contributed by atoms with E-state index in [9.17, 15) is 4.79 Å². The molecule has 0 bridgehead atoms. The molecular formula is C18H26ClN3O4. The molecule has 7 nitrogen and oxygen atoms in total. The molecule has 0 aromatic heterocycles. The van der Waals surface area contributed by atoms with E-state index in [4.69, 9.17) is 31.5 Å². The number of nitrogens with zero attached hydrogens (tertiary/aromatic N) is 1. The van der Waals surface area contributed by atoms with Crippen LogP contribution in [-0.2, 0) is 9.47 Å². The number of ether oxygens (including phenoxy) is 3. The van der Waals surface area contributed by atoms with Crippen molar-refractivity contribution in [3.63, 3.8) is 0 Å². The van der Waals surface area contributed by atoms with E-state index in [0.717, 1.165) is 19.5 Å². The van der Waals surface area contributed by atoms with E-state index in [1.165, 1.54) is 0 Å². The third-order valence-electron chi connectivity index (χ3n) is 4.92. The lowest BCUT2D eigenvalue weighted by Crippen LogP contribution is -2.50. The summed E-state index contributed by atoms with van der Waals surface area (Å²) in [6, 6.07) is 3.53. The molecule has 2 fully saturated rings. The Morgan fingerprint density at radius 1 is 1.46 bits per heavy atom. The van der Waals surface area contributed by atoms with E-state index in [-0.39, 0.29) is 18.1 Å². The van der Waals surface area contributed by atoms with Crippen LogP contribution in [0, 0.1) is 0 Å². The van der Waals surface area contributed by atoms with Gasteiger partial charge in [-0.1, -0.05) is 11.6 Å². The highest BCUT2D eigenvalue weighted by molar-refractivity contribution is 6.33. The first-order valence-electron chi connectivity index (χ1n) is 8.90. The maximum atomic E-state index is 12.6. The van der Waals surface area contributed by atoms with E-state index in [0.29, 0.717) is 47.8 Å². The summed E-state index contributed by atoms with van der Waals surface area (Å²) in [5.41, 5.74) is 6.56. The Bertz CT molecular complexity index is 658. The van der Waals surface area contributed by atoms with Crippen molar-refractivity contribution in [1.29, 1.82) is 0 Å². The third kappa shape index (κ3) is 4.23. The maximum Gasteiger partial charge on any atom is 0.255 e. The van der Waals surface area contributed by atoms with E-state index in [1.54, 1.807) is 19.2 Å². The normalized spacial score (nSPS) is 25.7. The molecule has 2 aliphatic rings. The van der Waals surface area contributed by atoms with Crippen LogP contribution in [-0.4, -0.2) is 69.0 Å². The second-order valence-corrected chi connectivity index (χ2v) is 7.08. The molecule has 26 heavy (non-hydrogen) atoms. The predicted molar refractivity (Wildman–Crippen MR) is 99.9 cm³/mol. The van der Waals surface area contributed by atoms with Crippen LogP contribution in [0.25, 0.3) is 0 Å². The van der Waals surface area contributed by atoms with Crippen LogP contribution in [0.1, 0.15) is 23.7 Å². The van der Waals surface area contributed by atoms with Gasteiger partial charge in [0.2, 0.25) is 0 Å². The fourth-order valence-corrected chi connectivity index (χ4v) is 3.68. The summed E-state index contributed by atoms with van der Waals surface area (Å²) in [5, 5.41) is 3.25. The van der Waals surface area contributed by atoms with Crippen LogP contribution >= 0.6 is 11.6 Å². The molecule has 0 unspecified atom stereocenters. The smallest absolute Gasteiger partial charge is 0.255 e. The first-order valence-corrected chi connectivity index (χ1v) is 9.28. The summed E-state index contributed by atoms with van der Waals surface area (Å²) in [6.07, 6.45) is 1.21. The molecule has 2 aliphatic heterocycles. The van der Waals surface area contributed by atoms with Crippen molar-refractivity contribution in [3.05, 3.63) is 22.7 Å². The molecule has 2 heterocycles. The SMILES string of the molecule is CCOc1cc(N)c(Cl)cc1C(=O)NC[C@@H]1CN2C[C@H](OC)C[C@H]2CO1.